The van der Waals surface area contributed by atoms with Gasteiger partial charge in [0.1, 0.15) is 17.3 Å². The molecule has 3 heterocycles. The van der Waals surface area contributed by atoms with Crippen molar-refractivity contribution in [2.45, 2.75) is 6.42 Å². The minimum atomic E-state index is -0.506. The average molecular weight is 413 g/mol. The standard InChI is InChI=1S/C21H24FN5O3/c1-24-7-4-8-26(10-9-24)20(28)17-12-27-13-18(25(2)21(29)19(27)23-17)15-6-5-14(30-3)11-16(15)22/h5-6,11-13H,4,7-10H2,1-3H3. The summed E-state index contributed by atoms with van der Waals surface area (Å²) in [6.07, 6.45) is 4.04. The zero-order valence-corrected chi connectivity index (χ0v) is 17.3. The zero-order chi connectivity index (χ0) is 21.4. The minimum absolute atomic E-state index is 0.130. The van der Waals surface area contributed by atoms with Crippen molar-refractivity contribution in [3.05, 3.63) is 52.5 Å². The lowest BCUT2D eigenvalue weighted by Gasteiger charge is -2.19. The summed E-state index contributed by atoms with van der Waals surface area (Å²) in [5, 5.41) is 0. The highest BCUT2D eigenvalue weighted by Crippen LogP contribution is 2.25. The largest absolute Gasteiger partial charge is 0.497 e. The number of rotatable bonds is 3. The number of nitrogens with zero attached hydrogens (tertiary/aromatic N) is 5. The normalized spacial score (nSPS) is 15.4. The molecular formula is C21H24FN5O3. The molecule has 0 spiro atoms. The third kappa shape index (κ3) is 3.56. The number of halogens is 1. The molecule has 9 heteroatoms. The monoisotopic (exact) mass is 413 g/mol. The molecule has 0 unspecified atom stereocenters. The number of likely N-dealkylation sites (N-methyl/N-ethyl adjacent to an activating group) is 1. The predicted octanol–water partition coefficient (Wildman–Crippen LogP) is 1.63. The molecule has 8 nitrogen and oxygen atoms in total. The van der Waals surface area contributed by atoms with Crippen LogP contribution in [0.15, 0.2) is 35.4 Å². The van der Waals surface area contributed by atoms with Crippen LogP contribution in [0.3, 0.4) is 0 Å². The molecule has 3 aromatic rings. The van der Waals surface area contributed by atoms with E-state index in [4.69, 9.17) is 4.74 Å². The lowest BCUT2D eigenvalue weighted by molar-refractivity contribution is 0.0757. The number of hydrogen-bond donors (Lipinski definition) is 0. The van der Waals surface area contributed by atoms with Gasteiger partial charge in [-0.05, 0) is 32.1 Å². The molecule has 0 bridgehead atoms. The topological polar surface area (TPSA) is 72.1 Å². The van der Waals surface area contributed by atoms with Gasteiger partial charge in [0.2, 0.25) is 5.65 Å². The van der Waals surface area contributed by atoms with Gasteiger partial charge in [-0.15, -0.1) is 0 Å². The molecule has 1 aromatic carbocycles. The smallest absolute Gasteiger partial charge is 0.294 e. The summed E-state index contributed by atoms with van der Waals surface area (Å²) in [6, 6.07) is 4.46. The molecule has 1 amide bonds. The maximum atomic E-state index is 14.6. The van der Waals surface area contributed by atoms with Gasteiger partial charge in [-0.1, -0.05) is 0 Å². The van der Waals surface area contributed by atoms with Crippen molar-refractivity contribution in [3.63, 3.8) is 0 Å². The Balaban J connectivity index is 1.74. The van der Waals surface area contributed by atoms with E-state index in [0.29, 0.717) is 24.5 Å². The van der Waals surface area contributed by atoms with Gasteiger partial charge in [-0.3, -0.25) is 14.0 Å². The Bertz CT molecular complexity index is 1170. The van der Waals surface area contributed by atoms with E-state index in [1.165, 1.54) is 22.1 Å². The quantitative estimate of drug-likeness (QED) is 0.653. The highest BCUT2D eigenvalue weighted by atomic mass is 19.1. The number of benzene rings is 1. The third-order valence-electron chi connectivity index (χ3n) is 5.53. The Kier molecular flexibility index (Phi) is 5.29. The molecule has 30 heavy (non-hydrogen) atoms. The Morgan fingerprint density at radius 3 is 2.67 bits per heavy atom. The fourth-order valence-electron chi connectivity index (χ4n) is 3.72. The molecule has 0 aliphatic carbocycles. The Labute approximate surface area is 173 Å². The Hall–Kier alpha value is -3.20. The van der Waals surface area contributed by atoms with E-state index >= 15 is 0 Å². The maximum absolute atomic E-state index is 14.6. The SMILES string of the molecule is COc1ccc(-c2cn3cc(C(=O)N4CCCN(C)CC4)nc3c(=O)n2C)c(F)c1. The molecule has 1 saturated heterocycles. The summed E-state index contributed by atoms with van der Waals surface area (Å²) in [7, 11) is 5.05. The van der Waals surface area contributed by atoms with Crippen molar-refractivity contribution in [2.75, 3.05) is 40.3 Å². The van der Waals surface area contributed by atoms with Crippen LogP contribution in [0.1, 0.15) is 16.9 Å². The van der Waals surface area contributed by atoms with Crippen LogP contribution < -0.4 is 10.3 Å². The zero-order valence-electron chi connectivity index (χ0n) is 17.3. The van der Waals surface area contributed by atoms with Gasteiger partial charge in [0.05, 0.1) is 12.8 Å². The summed E-state index contributed by atoms with van der Waals surface area (Å²) in [5.41, 5.74) is 0.571. The van der Waals surface area contributed by atoms with Crippen LogP contribution in [-0.2, 0) is 7.05 Å². The first kappa shape index (κ1) is 20.1. The Morgan fingerprint density at radius 1 is 1.13 bits per heavy atom. The lowest BCUT2D eigenvalue weighted by Crippen LogP contribution is -2.34. The van der Waals surface area contributed by atoms with Crippen molar-refractivity contribution in [1.29, 1.82) is 0 Å². The van der Waals surface area contributed by atoms with Gasteiger partial charge in [0, 0.05) is 50.7 Å². The van der Waals surface area contributed by atoms with Crippen molar-refractivity contribution < 1.29 is 13.9 Å². The number of hydrogen-bond acceptors (Lipinski definition) is 5. The molecule has 4 rings (SSSR count). The maximum Gasteiger partial charge on any atom is 0.294 e. The van der Waals surface area contributed by atoms with Crippen LogP contribution in [0.5, 0.6) is 5.75 Å². The molecule has 1 aliphatic heterocycles. The fraction of sp³-hybridized carbons (Fsp3) is 0.381. The van der Waals surface area contributed by atoms with E-state index in [2.05, 4.69) is 9.88 Å². The van der Waals surface area contributed by atoms with E-state index in [1.807, 2.05) is 7.05 Å². The van der Waals surface area contributed by atoms with E-state index < -0.39 is 11.4 Å². The summed E-state index contributed by atoms with van der Waals surface area (Å²) in [5.74, 6) is -0.317. The van der Waals surface area contributed by atoms with Crippen molar-refractivity contribution in [3.8, 4) is 17.0 Å². The summed E-state index contributed by atoms with van der Waals surface area (Å²) < 4.78 is 22.5. The number of ether oxygens (including phenoxy) is 1. The molecule has 0 radical (unpaired) electrons. The highest BCUT2D eigenvalue weighted by Gasteiger charge is 2.23. The van der Waals surface area contributed by atoms with Crippen molar-refractivity contribution >= 4 is 11.6 Å². The van der Waals surface area contributed by atoms with E-state index in [-0.39, 0.29) is 22.8 Å². The first-order valence-electron chi connectivity index (χ1n) is 9.79. The van der Waals surface area contributed by atoms with Crippen LogP contribution in [0.25, 0.3) is 16.9 Å². The van der Waals surface area contributed by atoms with Gasteiger partial charge in [-0.2, -0.15) is 0 Å². The molecular weight excluding hydrogens is 389 g/mol. The third-order valence-corrected chi connectivity index (χ3v) is 5.53. The second-order valence-corrected chi connectivity index (χ2v) is 7.53. The number of methoxy groups -OCH3 is 1. The van der Waals surface area contributed by atoms with Gasteiger partial charge in [0.15, 0.2) is 0 Å². The molecule has 1 fully saturated rings. The summed E-state index contributed by atoms with van der Waals surface area (Å²) in [6.45, 7) is 2.99. The van der Waals surface area contributed by atoms with Crippen molar-refractivity contribution in [1.82, 2.24) is 23.8 Å². The van der Waals surface area contributed by atoms with Gasteiger partial charge in [-0.25, -0.2) is 9.37 Å². The van der Waals surface area contributed by atoms with Crippen LogP contribution in [0.4, 0.5) is 4.39 Å². The number of carbonyl (C=O) groups is 1. The molecule has 2 aromatic heterocycles. The number of fused-ring (bicyclic) bond motifs is 1. The van der Waals surface area contributed by atoms with Crippen molar-refractivity contribution in [2.24, 2.45) is 7.05 Å². The van der Waals surface area contributed by atoms with Gasteiger partial charge < -0.3 is 19.1 Å². The molecule has 0 atom stereocenters. The van der Waals surface area contributed by atoms with Gasteiger partial charge >= 0.3 is 0 Å². The minimum Gasteiger partial charge on any atom is -0.497 e. The second kappa shape index (κ2) is 7.91. The number of aromatic nitrogens is 3. The fourth-order valence-corrected chi connectivity index (χ4v) is 3.72. The van der Waals surface area contributed by atoms with E-state index in [0.717, 1.165) is 19.5 Å². The van der Waals surface area contributed by atoms with Gasteiger partial charge in [0.25, 0.3) is 11.5 Å². The summed E-state index contributed by atoms with van der Waals surface area (Å²) in [4.78, 5) is 34.1. The lowest BCUT2D eigenvalue weighted by atomic mass is 10.1. The molecule has 0 N–H and O–H groups in total. The van der Waals surface area contributed by atoms with E-state index in [1.54, 1.807) is 36.5 Å². The number of imidazole rings is 1. The molecule has 1 aliphatic rings. The number of amides is 1. The van der Waals surface area contributed by atoms with Crippen LogP contribution in [0, 0.1) is 5.82 Å². The molecule has 158 valence electrons. The average Bonchev–Trinajstić information content (AvgIpc) is 3.05. The number of carbonyl (C=O) groups excluding carboxylic acids is 1. The van der Waals surface area contributed by atoms with Crippen LogP contribution in [0.2, 0.25) is 0 Å². The van der Waals surface area contributed by atoms with E-state index in [9.17, 15) is 14.0 Å². The Morgan fingerprint density at radius 2 is 1.93 bits per heavy atom. The first-order valence-corrected chi connectivity index (χ1v) is 9.79. The first-order chi connectivity index (χ1) is 14.4. The molecule has 0 saturated carbocycles. The highest BCUT2D eigenvalue weighted by molar-refractivity contribution is 5.93. The predicted molar refractivity (Wildman–Crippen MR) is 110 cm³/mol. The second-order valence-electron chi connectivity index (χ2n) is 7.53. The van der Waals surface area contributed by atoms with Crippen LogP contribution in [-0.4, -0.2) is 70.0 Å². The summed E-state index contributed by atoms with van der Waals surface area (Å²) >= 11 is 0. The van der Waals surface area contributed by atoms with Crippen LogP contribution >= 0.6 is 0 Å².